The second-order valence-electron chi connectivity index (χ2n) is 19.4. The summed E-state index contributed by atoms with van der Waals surface area (Å²) in [5.74, 6) is -0.536. The molecule has 0 aliphatic carbocycles. The Labute approximate surface area is 407 Å². The Kier molecular flexibility index (Phi) is 44.8. The molecule has 0 radical (unpaired) electrons. The third-order valence-electron chi connectivity index (χ3n) is 11.8. The first-order valence-corrected chi connectivity index (χ1v) is 28.6. The number of nitrogens with one attached hydrogen (secondary N) is 1. The highest BCUT2D eigenvalue weighted by Crippen LogP contribution is 2.43. The summed E-state index contributed by atoms with van der Waals surface area (Å²) in [5.41, 5.74) is 0. The van der Waals surface area contributed by atoms with Gasteiger partial charge < -0.3 is 19.4 Å². The highest BCUT2D eigenvalue weighted by Gasteiger charge is 2.30. The van der Waals surface area contributed by atoms with Crippen LogP contribution >= 0.6 is 7.82 Å². The fourth-order valence-electron chi connectivity index (χ4n) is 7.52. The van der Waals surface area contributed by atoms with E-state index in [9.17, 15) is 19.0 Å². The minimum Gasteiger partial charge on any atom is -0.456 e. The number of ether oxygens (including phenoxy) is 1. The van der Waals surface area contributed by atoms with Gasteiger partial charge in [-0.3, -0.25) is 18.6 Å². The van der Waals surface area contributed by atoms with Crippen LogP contribution in [0, 0.1) is 0 Å². The van der Waals surface area contributed by atoms with E-state index in [1.165, 1.54) is 103 Å². The van der Waals surface area contributed by atoms with Gasteiger partial charge in [0.15, 0.2) is 0 Å². The second kappa shape index (κ2) is 46.4. The Hall–Kier alpha value is -2.29. The maximum atomic E-state index is 13.5. The van der Waals surface area contributed by atoms with Gasteiger partial charge in [-0.1, -0.05) is 204 Å². The summed E-state index contributed by atoms with van der Waals surface area (Å²) in [6.07, 6.45) is 56.4. The van der Waals surface area contributed by atoms with Crippen molar-refractivity contribution in [2.75, 3.05) is 40.9 Å². The molecule has 3 unspecified atom stereocenters. The zero-order valence-electron chi connectivity index (χ0n) is 43.7. The lowest BCUT2D eigenvalue weighted by Crippen LogP contribution is -2.47. The number of allylic oxidation sites excluding steroid dienone is 9. The number of carbonyl (C=O) groups is 2. The Balaban J connectivity index is 5.43. The fraction of sp³-hybridized carbons (Fsp3) is 0.786. The van der Waals surface area contributed by atoms with Gasteiger partial charge in [0.05, 0.1) is 33.8 Å². The molecule has 66 heavy (non-hydrogen) atoms. The fourth-order valence-corrected chi connectivity index (χ4v) is 8.26. The maximum Gasteiger partial charge on any atom is 0.472 e. The summed E-state index contributed by atoms with van der Waals surface area (Å²) < 4.78 is 30.5. The molecule has 0 aromatic heterocycles. The topological polar surface area (TPSA) is 111 Å². The normalized spacial score (nSPS) is 14.3. The SMILES string of the molecule is CC/C=C/C=C/C=C\CCCCCCCC(=O)OC(/C=C/CCCCCCCCCCCC)C(COP(=O)(O)OCC[N+](C)(C)C)NC(=O)CCCCCCCCC/C=C\CCCCCC. The largest absolute Gasteiger partial charge is 0.472 e. The number of carbonyl (C=O) groups excluding carboxylic acids is 2. The number of rotatable bonds is 48. The van der Waals surface area contributed by atoms with Crippen LogP contribution < -0.4 is 5.32 Å². The van der Waals surface area contributed by atoms with E-state index in [0.29, 0.717) is 23.9 Å². The Morgan fingerprint density at radius 3 is 1.50 bits per heavy atom. The minimum atomic E-state index is -4.45. The predicted molar refractivity (Wildman–Crippen MR) is 282 cm³/mol. The molecule has 10 heteroatoms. The molecule has 0 fully saturated rings. The third kappa shape index (κ3) is 46.8. The molecule has 1 amide bonds. The van der Waals surface area contributed by atoms with Crippen molar-refractivity contribution in [2.45, 2.75) is 245 Å². The van der Waals surface area contributed by atoms with Crippen molar-refractivity contribution >= 4 is 19.7 Å². The van der Waals surface area contributed by atoms with Crippen LogP contribution in [0.1, 0.15) is 233 Å². The lowest BCUT2D eigenvalue weighted by atomic mass is 10.0. The highest BCUT2D eigenvalue weighted by molar-refractivity contribution is 7.47. The van der Waals surface area contributed by atoms with Crippen LogP contribution in [0.3, 0.4) is 0 Å². The van der Waals surface area contributed by atoms with Crippen LogP contribution in [0.25, 0.3) is 0 Å². The maximum absolute atomic E-state index is 13.5. The monoisotopic (exact) mass is 948 g/mol. The lowest BCUT2D eigenvalue weighted by molar-refractivity contribution is -0.870. The standard InChI is InChI=1S/C56H103N2O7P/c1-7-10-13-16-19-22-25-28-29-31-33-36-39-42-45-48-55(59)57-53(52-64-66(61,62)63-51-50-58(4,5)6)54(47-44-41-38-35-32-27-24-21-18-15-12-9-3)65-56(60)49-46-43-40-37-34-30-26-23-20-17-14-11-8-2/h11,14,17,20,22-23,25-26,44,47,53-54H,7-10,12-13,15-16,18-19,21,24,27-43,45-46,48-52H2,1-6H3,(H-,57,59,61,62)/p+1/b14-11+,20-17+,25-22-,26-23-,47-44+. The molecular formula is C56H104N2O7P+. The van der Waals surface area contributed by atoms with E-state index in [4.69, 9.17) is 13.8 Å². The number of likely N-dealkylation sites (N-methyl/N-ethyl adjacent to an activating group) is 1. The molecule has 0 spiro atoms. The summed E-state index contributed by atoms with van der Waals surface area (Å²) in [6, 6.07) is -0.858. The molecule has 0 aliphatic rings. The van der Waals surface area contributed by atoms with Gasteiger partial charge in [-0.2, -0.15) is 0 Å². The zero-order valence-corrected chi connectivity index (χ0v) is 44.6. The number of unbranched alkanes of at least 4 members (excludes halogenated alkanes) is 26. The number of phosphoric acid groups is 1. The molecule has 0 saturated heterocycles. The number of phosphoric ester groups is 1. The summed E-state index contributed by atoms with van der Waals surface area (Å²) in [6.45, 7) is 6.84. The molecule has 9 nitrogen and oxygen atoms in total. The van der Waals surface area contributed by atoms with Gasteiger partial charge in [0, 0.05) is 12.8 Å². The van der Waals surface area contributed by atoms with Crippen molar-refractivity contribution in [1.29, 1.82) is 0 Å². The van der Waals surface area contributed by atoms with Crippen LogP contribution in [-0.4, -0.2) is 74.3 Å². The first-order chi connectivity index (χ1) is 31.9. The zero-order chi connectivity index (χ0) is 48.7. The van der Waals surface area contributed by atoms with Crippen molar-refractivity contribution in [3.8, 4) is 0 Å². The van der Waals surface area contributed by atoms with E-state index in [0.717, 1.165) is 89.9 Å². The van der Waals surface area contributed by atoms with Gasteiger partial charge >= 0.3 is 13.8 Å². The van der Waals surface area contributed by atoms with Crippen LogP contribution in [-0.2, 0) is 27.9 Å². The summed E-state index contributed by atoms with van der Waals surface area (Å²) in [4.78, 5) is 37.5. The first kappa shape index (κ1) is 63.7. The number of hydrogen-bond donors (Lipinski definition) is 2. The average Bonchev–Trinajstić information content (AvgIpc) is 3.27. The van der Waals surface area contributed by atoms with Gasteiger partial charge in [0.25, 0.3) is 0 Å². The van der Waals surface area contributed by atoms with Gasteiger partial charge in [0.2, 0.25) is 5.91 Å². The molecule has 0 aromatic rings. The van der Waals surface area contributed by atoms with E-state index < -0.39 is 20.0 Å². The van der Waals surface area contributed by atoms with Gasteiger partial charge in [-0.15, -0.1) is 0 Å². The molecule has 2 N–H and O–H groups in total. The Morgan fingerprint density at radius 1 is 0.545 bits per heavy atom. The van der Waals surface area contributed by atoms with Crippen molar-refractivity contribution in [3.05, 3.63) is 60.8 Å². The minimum absolute atomic E-state index is 0.0344. The predicted octanol–water partition coefficient (Wildman–Crippen LogP) is 15.9. The van der Waals surface area contributed by atoms with Crippen LogP contribution in [0.15, 0.2) is 60.8 Å². The van der Waals surface area contributed by atoms with E-state index in [1.807, 2.05) is 33.3 Å². The van der Waals surface area contributed by atoms with Crippen LogP contribution in [0.5, 0.6) is 0 Å². The first-order valence-electron chi connectivity index (χ1n) is 27.1. The average molecular weight is 948 g/mol. The molecule has 0 rings (SSSR count). The van der Waals surface area contributed by atoms with Gasteiger partial charge in [0.1, 0.15) is 19.3 Å². The quantitative estimate of drug-likeness (QED) is 0.0156. The number of esters is 1. The van der Waals surface area contributed by atoms with E-state index in [1.54, 1.807) is 0 Å². The molecule has 3 atom stereocenters. The van der Waals surface area contributed by atoms with Crippen molar-refractivity contribution < 1.29 is 37.3 Å². The van der Waals surface area contributed by atoms with Crippen LogP contribution in [0.4, 0.5) is 0 Å². The number of amides is 1. The number of hydrogen-bond acceptors (Lipinski definition) is 6. The molecule has 0 heterocycles. The second-order valence-corrected chi connectivity index (χ2v) is 20.9. The van der Waals surface area contributed by atoms with E-state index in [-0.39, 0.29) is 31.5 Å². The molecule has 384 valence electrons. The molecule has 0 bridgehead atoms. The van der Waals surface area contributed by atoms with E-state index >= 15 is 0 Å². The number of quaternary nitrogens is 1. The van der Waals surface area contributed by atoms with E-state index in [2.05, 4.69) is 74.7 Å². The molecule has 0 saturated carbocycles. The Morgan fingerprint density at radius 2 is 0.985 bits per heavy atom. The third-order valence-corrected chi connectivity index (χ3v) is 12.7. The van der Waals surface area contributed by atoms with Crippen molar-refractivity contribution in [3.63, 3.8) is 0 Å². The molecular weight excluding hydrogens is 844 g/mol. The van der Waals surface area contributed by atoms with Gasteiger partial charge in [-0.05, 0) is 76.7 Å². The van der Waals surface area contributed by atoms with Crippen LogP contribution in [0.2, 0.25) is 0 Å². The molecule has 0 aliphatic heterocycles. The number of nitrogens with zero attached hydrogens (tertiary/aromatic N) is 1. The highest BCUT2D eigenvalue weighted by atomic mass is 31.2. The summed E-state index contributed by atoms with van der Waals surface area (Å²) in [5, 5.41) is 3.03. The van der Waals surface area contributed by atoms with Gasteiger partial charge in [-0.25, -0.2) is 4.57 Å². The van der Waals surface area contributed by atoms with Crippen molar-refractivity contribution in [1.82, 2.24) is 5.32 Å². The van der Waals surface area contributed by atoms with Crippen molar-refractivity contribution in [2.24, 2.45) is 0 Å². The lowest BCUT2D eigenvalue weighted by Gasteiger charge is -2.27. The smallest absolute Gasteiger partial charge is 0.456 e. The molecule has 0 aromatic carbocycles. The summed E-state index contributed by atoms with van der Waals surface area (Å²) >= 11 is 0. The Bertz CT molecular complexity index is 1320. The summed E-state index contributed by atoms with van der Waals surface area (Å²) in [7, 11) is 1.48.